The summed E-state index contributed by atoms with van der Waals surface area (Å²) in [5.41, 5.74) is 6.68. The molecule has 0 radical (unpaired) electrons. The molecule has 2 amide bonds. The Morgan fingerprint density at radius 3 is 2.65 bits per heavy atom. The van der Waals surface area contributed by atoms with Gasteiger partial charge in [-0.25, -0.2) is 14.8 Å². The van der Waals surface area contributed by atoms with Crippen molar-refractivity contribution in [3.05, 3.63) is 40.8 Å². The zero-order valence-electron chi connectivity index (χ0n) is 17.6. The van der Waals surface area contributed by atoms with Crippen molar-refractivity contribution in [2.45, 2.75) is 51.2 Å². The highest BCUT2D eigenvalue weighted by Crippen LogP contribution is 2.51. The molecule has 31 heavy (non-hydrogen) atoms. The zero-order chi connectivity index (χ0) is 22.2. The average Bonchev–Trinajstić information content (AvgIpc) is 3.33. The first kappa shape index (κ1) is 21.8. The van der Waals surface area contributed by atoms with Crippen molar-refractivity contribution < 1.29 is 19.2 Å². The number of ether oxygens (including phenoxy) is 1. The van der Waals surface area contributed by atoms with Gasteiger partial charge in [-0.05, 0) is 42.9 Å². The lowest BCUT2D eigenvalue weighted by Gasteiger charge is -2.37. The first-order valence-corrected chi connectivity index (χ1v) is 11.3. The number of nitrogens with one attached hydrogen (secondary N) is 1. The maximum atomic E-state index is 13.4. The number of halogens is 1. The van der Waals surface area contributed by atoms with Crippen molar-refractivity contribution in [1.29, 1.82) is 0 Å². The Bertz CT molecular complexity index is 955. The molecule has 2 atom stereocenters. The van der Waals surface area contributed by atoms with Crippen molar-refractivity contribution >= 4 is 27.9 Å². The van der Waals surface area contributed by atoms with Gasteiger partial charge in [0, 0.05) is 10.9 Å². The first-order chi connectivity index (χ1) is 14.8. The topological polar surface area (TPSA) is 111 Å². The molecule has 9 heteroatoms. The first-order valence-electron chi connectivity index (χ1n) is 10.5. The van der Waals surface area contributed by atoms with E-state index in [0.717, 1.165) is 35.0 Å². The molecular formula is C22H27BrN4O4. The van der Waals surface area contributed by atoms with Crippen LogP contribution in [0, 0.1) is 11.8 Å². The van der Waals surface area contributed by atoms with Crippen molar-refractivity contribution in [2.24, 2.45) is 17.6 Å². The second-order valence-electron chi connectivity index (χ2n) is 8.68. The number of imidazole rings is 1. The Hall–Kier alpha value is -2.39. The van der Waals surface area contributed by atoms with Crippen LogP contribution in [0.2, 0.25) is 0 Å². The van der Waals surface area contributed by atoms with Crippen LogP contribution in [0.3, 0.4) is 0 Å². The molecule has 1 aliphatic heterocycles. The van der Waals surface area contributed by atoms with Gasteiger partial charge in [0.15, 0.2) is 0 Å². The van der Waals surface area contributed by atoms with Crippen LogP contribution in [0.25, 0.3) is 11.3 Å². The van der Waals surface area contributed by atoms with Crippen LogP contribution in [0.4, 0.5) is 4.79 Å². The number of aromatic nitrogens is 2. The highest BCUT2D eigenvalue weighted by molar-refractivity contribution is 9.10. The Morgan fingerprint density at radius 2 is 2.06 bits per heavy atom. The second-order valence-corrected chi connectivity index (χ2v) is 9.60. The van der Waals surface area contributed by atoms with E-state index in [0.29, 0.717) is 12.2 Å². The summed E-state index contributed by atoms with van der Waals surface area (Å²) < 4.78 is 5.96. The number of amides is 2. The lowest BCUT2D eigenvalue weighted by molar-refractivity contribution is -0.232. The number of aromatic amines is 1. The molecule has 3 N–H and O–H groups in total. The third kappa shape index (κ3) is 4.48. The number of benzene rings is 1. The minimum absolute atomic E-state index is 0.0519. The molecule has 1 saturated carbocycles. The molecule has 2 aromatic rings. The van der Waals surface area contributed by atoms with Gasteiger partial charge in [-0.1, -0.05) is 41.9 Å². The largest absolute Gasteiger partial charge is 0.449 e. The normalized spacial score (nSPS) is 20.6. The van der Waals surface area contributed by atoms with E-state index in [-0.39, 0.29) is 30.1 Å². The molecule has 2 aliphatic rings. The Balaban J connectivity index is 1.60. The van der Waals surface area contributed by atoms with Crippen LogP contribution in [0.5, 0.6) is 0 Å². The molecule has 2 heterocycles. The summed E-state index contributed by atoms with van der Waals surface area (Å²) in [6.07, 6.45) is 4.49. The second kappa shape index (κ2) is 8.63. The predicted molar refractivity (Wildman–Crippen MR) is 117 cm³/mol. The number of hydrogen-bond donors (Lipinski definition) is 2. The number of hydroxylamine groups is 2. The van der Waals surface area contributed by atoms with Gasteiger partial charge < -0.3 is 15.5 Å². The molecular weight excluding hydrogens is 464 g/mol. The summed E-state index contributed by atoms with van der Waals surface area (Å²) in [5.74, 6) is -0.130. The number of carbonyl (C=O) groups excluding carboxylic acids is 2. The SMILES string of the molecule is CC(C)C(COC(N)=O)C(=O)N1OC2(CCC2)CC1c1ncc(-c2ccc(Br)cc2)[nH]1. The smallest absolute Gasteiger partial charge is 0.404 e. The summed E-state index contributed by atoms with van der Waals surface area (Å²) in [6, 6.07) is 7.61. The van der Waals surface area contributed by atoms with Crippen LogP contribution in [-0.4, -0.2) is 39.2 Å². The summed E-state index contributed by atoms with van der Waals surface area (Å²) in [4.78, 5) is 38.7. The molecule has 1 aromatic carbocycles. The van der Waals surface area contributed by atoms with Crippen molar-refractivity contribution in [3.63, 3.8) is 0 Å². The van der Waals surface area contributed by atoms with Gasteiger partial charge in [0.1, 0.15) is 18.5 Å². The number of primary amides is 1. The third-order valence-corrected chi connectivity index (χ3v) is 6.74. The minimum atomic E-state index is -0.891. The fourth-order valence-electron chi connectivity index (χ4n) is 4.18. The monoisotopic (exact) mass is 490 g/mol. The lowest BCUT2D eigenvalue weighted by atomic mass is 9.76. The van der Waals surface area contributed by atoms with Gasteiger partial charge in [-0.3, -0.25) is 9.63 Å². The van der Waals surface area contributed by atoms with Gasteiger partial charge in [-0.15, -0.1) is 0 Å². The van der Waals surface area contributed by atoms with Gasteiger partial charge in [0.05, 0.1) is 23.4 Å². The van der Waals surface area contributed by atoms with Crippen LogP contribution < -0.4 is 5.73 Å². The molecule has 1 saturated heterocycles. The molecule has 2 fully saturated rings. The number of H-pyrrole nitrogens is 1. The maximum Gasteiger partial charge on any atom is 0.404 e. The standard InChI is InChI=1S/C22H27BrN4O4/c1-13(2)16(12-30-21(24)29)20(28)27-18(10-22(31-27)8-3-9-22)19-25-11-17(26-19)14-4-6-15(23)7-5-14/h4-7,11,13,16,18H,3,8-10,12H2,1-2H3,(H2,24,29)(H,25,26). The van der Waals surface area contributed by atoms with E-state index in [4.69, 9.17) is 15.3 Å². The highest BCUT2D eigenvalue weighted by Gasteiger charge is 2.53. The van der Waals surface area contributed by atoms with Crippen molar-refractivity contribution in [1.82, 2.24) is 15.0 Å². The quantitative estimate of drug-likeness (QED) is 0.625. The van der Waals surface area contributed by atoms with E-state index in [1.54, 1.807) is 6.20 Å². The fraction of sp³-hybridized carbons (Fsp3) is 0.500. The van der Waals surface area contributed by atoms with Crippen LogP contribution in [0.15, 0.2) is 34.9 Å². The van der Waals surface area contributed by atoms with Gasteiger partial charge >= 0.3 is 6.09 Å². The van der Waals surface area contributed by atoms with E-state index in [2.05, 4.69) is 25.9 Å². The van der Waals surface area contributed by atoms with Crippen LogP contribution in [-0.2, 0) is 14.4 Å². The van der Waals surface area contributed by atoms with Gasteiger partial charge in [0.25, 0.3) is 5.91 Å². The van der Waals surface area contributed by atoms with E-state index in [9.17, 15) is 9.59 Å². The van der Waals surface area contributed by atoms with Crippen LogP contribution >= 0.6 is 15.9 Å². The number of carbonyl (C=O) groups is 2. The van der Waals surface area contributed by atoms with E-state index in [1.165, 1.54) is 5.06 Å². The predicted octanol–water partition coefficient (Wildman–Crippen LogP) is 4.33. The van der Waals surface area contributed by atoms with Crippen LogP contribution in [0.1, 0.15) is 51.4 Å². The Morgan fingerprint density at radius 1 is 1.35 bits per heavy atom. The molecule has 1 aliphatic carbocycles. The molecule has 1 spiro atoms. The molecule has 166 valence electrons. The fourth-order valence-corrected chi connectivity index (χ4v) is 4.45. The van der Waals surface area contributed by atoms with E-state index >= 15 is 0 Å². The van der Waals surface area contributed by atoms with E-state index in [1.807, 2.05) is 38.1 Å². The van der Waals surface area contributed by atoms with E-state index < -0.39 is 12.0 Å². The number of nitrogens with zero attached hydrogens (tertiary/aromatic N) is 2. The molecule has 4 rings (SSSR count). The third-order valence-electron chi connectivity index (χ3n) is 6.22. The zero-order valence-corrected chi connectivity index (χ0v) is 19.2. The minimum Gasteiger partial charge on any atom is -0.449 e. The Labute approximate surface area is 189 Å². The number of nitrogens with two attached hydrogens (primary N) is 1. The molecule has 1 aromatic heterocycles. The van der Waals surface area contributed by atoms with Crippen molar-refractivity contribution in [3.8, 4) is 11.3 Å². The van der Waals surface area contributed by atoms with Crippen molar-refractivity contribution in [2.75, 3.05) is 6.61 Å². The summed E-state index contributed by atoms with van der Waals surface area (Å²) in [5, 5.41) is 1.46. The summed E-state index contributed by atoms with van der Waals surface area (Å²) >= 11 is 3.45. The van der Waals surface area contributed by atoms with Gasteiger partial charge in [-0.2, -0.15) is 0 Å². The lowest BCUT2D eigenvalue weighted by Crippen LogP contribution is -2.43. The molecule has 8 nitrogen and oxygen atoms in total. The summed E-state index contributed by atoms with van der Waals surface area (Å²) in [6.45, 7) is 3.75. The molecule has 2 unspecified atom stereocenters. The average molecular weight is 491 g/mol. The highest BCUT2D eigenvalue weighted by atomic mass is 79.9. The summed E-state index contributed by atoms with van der Waals surface area (Å²) in [7, 11) is 0. The van der Waals surface area contributed by atoms with Gasteiger partial charge in [0.2, 0.25) is 0 Å². The maximum absolute atomic E-state index is 13.4. The molecule has 0 bridgehead atoms. The number of rotatable bonds is 6. The number of hydrogen-bond acceptors (Lipinski definition) is 5. The Kier molecular flexibility index (Phi) is 6.07.